The second-order valence-electron chi connectivity index (χ2n) is 3.93. The van der Waals surface area contributed by atoms with E-state index in [9.17, 15) is 0 Å². The average Bonchev–Trinajstić information content (AvgIpc) is 2.36. The van der Waals surface area contributed by atoms with Gasteiger partial charge >= 0.3 is 0 Å². The molecule has 18 heavy (non-hydrogen) atoms. The molecule has 0 amide bonds. The van der Waals surface area contributed by atoms with Crippen LogP contribution >= 0.6 is 11.8 Å². The zero-order valence-electron chi connectivity index (χ0n) is 10.9. The van der Waals surface area contributed by atoms with Gasteiger partial charge in [-0.15, -0.1) is 11.8 Å². The molecule has 5 heteroatoms. The molecule has 0 aliphatic heterocycles. The van der Waals surface area contributed by atoms with Gasteiger partial charge in [0.05, 0.1) is 13.2 Å². The fourth-order valence-electron chi connectivity index (χ4n) is 1.44. The highest BCUT2D eigenvalue weighted by Crippen LogP contribution is 2.16. The SMILES string of the molecule is COCC(C)NC(N)=NCCSc1ccccc1. The summed E-state index contributed by atoms with van der Waals surface area (Å²) in [5.74, 6) is 1.40. The van der Waals surface area contributed by atoms with Crippen molar-refractivity contribution in [3.8, 4) is 0 Å². The summed E-state index contributed by atoms with van der Waals surface area (Å²) in [6.45, 7) is 3.33. The van der Waals surface area contributed by atoms with Crippen molar-refractivity contribution in [1.29, 1.82) is 0 Å². The Kier molecular flexibility index (Phi) is 7.29. The number of hydrogen-bond donors (Lipinski definition) is 2. The average molecular weight is 267 g/mol. The monoisotopic (exact) mass is 267 g/mol. The van der Waals surface area contributed by atoms with E-state index in [4.69, 9.17) is 10.5 Å². The first-order valence-electron chi connectivity index (χ1n) is 5.95. The van der Waals surface area contributed by atoms with Crippen LogP contribution in [-0.4, -0.2) is 38.0 Å². The highest BCUT2D eigenvalue weighted by Gasteiger charge is 2.00. The van der Waals surface area contributed by atoms with E-state index in [1.165, 1.54) is 4.90 Å². The summed E-state index contributed by atoms with van der Waals surface area (Å²) in [6.07, 6.45) is 0. The predicted molar refractivity (Wildman–Crippen MR) is 78.1 cm³/mol. The van der Waals surface area contributed by atoms with Crippen LogP contribution in [0.4, 0.5) is 0 Å². The molecule has 0 heterocycles. The summed E-state index contributed by atoms with van der Waals surface area (Å²) < 4.78 is 5.01. The maximum absolute atomic E-state index is 5.76. The van der Waals surface area contributed by atoms with E-state index >= 15 is 0 Å². The molecule has 0 bridgehead atoms. The molecule has 0 saturated heterocycles. The molecular weight excluding hydrogens is 246 g/mol. The molecule has 0 spiro atoms. The smallest absolute Gasteiger partial charge is 0.188 e. The van der Waals surface area contributed by atoms with Crippen LogP contribution in [-0.2, 0) is 4.74 Å². The van der Waals surface area contributed by atoms with Gasteiger partial charge in [0.15, 0.2) is 5.96 Å². The first-order chi connectivity index (χ1) is 8.72. The van der Waals surface area contributed by atoms with Gasteiger partial charge in [0, 0.05) is 23.8 Å². The number of methoxy groups -OCH3 is 1. The molecule has 0 radical (unpaired) electrons. The lowest BCUT2D eigenvalue weighted by Crippen LogP contribution is -2.40. The second kappa shape index (κ2) is 8.83. The lowest BCUT2D eigenvalue weighted by atomic mass is 10.4. The number of benzene rings is 1. The van der Waals surface area contributed by atoms with Gasteiger partial charge in [0.1, 0.15) is 0 Å². The topological polar surface area (TPSA) is 59.6 Å². The van der Waals surface area contributed by atoms with E-state index in [1.54, 1.807) is 18.9 Å². The standard InChI is InChI=1S/C13H21N3OS/c1-11(10-17-2)16-13(14)15-8-9-18-12-6-4-3-5-7-12/h3-7,11H,8-10H2,1-2H3,(H3,14,15,16). The van der Waals surface area contributed by atoms with E-state index in [-0.39, 0.29) is 6.04 Å². The van der Waals surface area contributed by atoms with Crippen LogP contribution in [0.15, 0.2) is 40.2 Å². The van der Waals surface area contributed by atoms with Gasteiger partial charge in [-0.1, -0.05) is 18.2 Å². The van der Waals surface area contributed by atoms with Crippen molar-refractivity contribution in [2.45, 2.75) is 17.9 Å². The summed E-state index contributed by atoms with van der Waals surface area (Å²) in [4.78, 5) is 5.52. The molecule has 0 aromatic heterocycles. The van der Waals surface area contributed by atoms with Crippen molar-refractivity contribution in [3.05, 3.63) is 30.3 Å². The third-order valence-corrected chi connectivity index (χ3v) is 3.19. The molecule has 1 aromatic carbocycles. The number of nitrogens with one attached hydrogen (secondary N) is 1. The number of nitrogens with zero attached hydrogens (tertiary/aromatic N) is 1. The third kappa shape index (κ3) is 6.51. The number of hydrogen-bond acceptors (Lipinski definition) is 3. The maximum atomic E-state index is 5.76. The Morgan fingerprint density at radius 3 is 2.83 bits per heavy atom. The van der Waals surface area contributed by atoms with Crippen LogP contribution < -0.4 is 11.1 Å². The largest absolute Gasteiger partial charge is 0.383 e. The van der Waals surface area contributed by atoms with E-state index in [1.807, 2.05) is 25.1 Å². The molecule has 1 aromatic rings. The first kappa shape index (κ1) is 14.9. The Labute approximate surface area is 113 Å². The van der Waals surface area contributed by atoms with Crippen molar-refractivity contribution < 1.29 is 4.74 Å². The minimum Gasteiger partial charge on any atom is -0.383 e. The van der Waals surface area contributed by atoms with Gasteiger partial charge in [-0.2, -0.15) is 0 Å². The Morgan fingerprint density at radius 1 is 1.44 bits per heavy atom. The highest BCUT2D eigenvalue weighted by molar-refractivity contribution is 7.99. The molecule has 0 saturated carbocycles. The van der Waals surface area contributed by atoms with Crippen molar-refractivity contribution in [2.24, 2.45) is 10.7 Å². The van der Waals surface area contributed by atoms with Gasteiger partial charge in [0.25, 0.3) is 0 Å². The van der Waals surface area contributed by atoms with E-state index in [2.05, 4.69) is 22.4 Å². The Balaban J connectivity index is 2.19. The molecule has 3 N–H and O–H groups in total. The van der Waals surface area contributed by atoms with Crippen LogP contribution in [0.5, 0.6) is 0 Å². The van der Waals surface area contributed by atoms with Crippen LogP contribution in [0.2, 0.25) is 0 Å². The number of rotatable bonds is 7. The predicted octanol–water partition coefficient (Wildman–Crippen LogP) is 1.72. The molecule has 4 nitrogen and oxygen atoms in total. The second-order valence-corrected chi connectivity index (χ2v) is 5.10. The van der Waals surface area contributed by atoms with Gasteiger partial charge in [0.2, 0.25) is 0 Å². The summed E-state index contributed by atoms with van der Waals surface area (Å²) in [6, 6.07) is 10.5. The van der Waals surface area contributed by atoms with E-state index < -0.39 is 0 Å². The minimum absolute atomic E-state index is 0.181. The van der Waals surface area contributed by atoms with Crippen molar-refractivity contribution in [2.75, 3.05) is 26.0 Å². The molecule has 0 aliphatic rings. The summed E-state index contributed by atoms with van der Waals surface area (Å²) >= 11 is 1.78. The van der Waals surface area contributed by atoms with Crippen LogP contribution in [0.25, 0.3) is 0 Å². The molecule has 1 unspecified atom stereocenters. The van der Waals surface area contributed by atoms with E-state index in [0.717, 1.165) is 5.75 Å². The quantitative estimate of drug-likeness (QED) is 0.342. The Hall–Kier alpha value is -1.20. The summed E-state index contributed by atoms with van der Waals surface area (Å²) in [7, 11) is 1.67. The van der Waals surface area contributed by atoms with Crippen molar-refractivity contribution in [1.82, 2.24) is 5.32 Å². The number of nitrogens with two attached hydrogens (primary N) is 1. The lowest BCUT2D eigenvalue weighted by Gasteiger charge is -2.12. The van der Waals surface area contributed by atoms with Crippen molar-refractivity contribution in [3.63, 3.8) is 0 Å². The molecule has 0 aliphatic carbocycles. The first-order valence-corrected chi connectivity index (χ1v) is 6.94. The molecule has 0 fully saturated rings. The molecule has 1 atom stereocenters. The van der Waals surface area contributed by atoms with Gasteiger partial charge in [-0.3, -0.25) is 4.99 Å². The van der Waals surface area contributed by atoms with Gasteiger partial charge < -0.3 is 15.8 Å². The van der Waals surface area contributed by atoms with Crippen LogP contribution in [0.3, 0.4) is 0 Å². The van der Waals surface area contributed by atoms with E-state index in [0.29, 0.717) is 19.1 Å². The number of thioether (sulfide) groups is 1. The fourth-order valence-corrected chi connectivity index (χ4v) is 2.20. The van der Waals surface area contributed by atoms with Crippen LogP contribution in [0, 0.1) is 0 Å². The summed E-state index contributed by atoms with van der Waals surface area (Å²) in [5, 5.41) is 3.07. The highest BCUT2D eigenvalue weighted by atomic mass is 32.2. The Morgan fingerprint density at radius 2 is 2.17 bits per heavy atom. The lowest BCUT2D eigenvalue weighted by molar-refractivity contribution is 0.179. The molecule has 1 rings (SSSR count). The minimum atomic E-state index is 0.181. The molecule has 100 valence electrons. The number of guanidine groups is 1. The van der Waals surface area contributed by atoms with Crippen molar-refractivity contribution >= 4 is 17.7 Å². The fraction of sp³-hybridized carbons (Fsp3) is 0.462. The number of aliphatic imine (C=N–C) groups is 1. The number of ether oxygens (including phenoxy) is 1. The zero-order chi connectivity index (χ0) is 13.2. The van der Waals surface area contributed by atoms with Gasteiger partial charge in [-0.05, 0) is 19.1 Å². The zero-order valence-corrected chi connectivity index (χ0v) is 11.7. The van der Waals surface area contributed by atoms with Gasteiger partial charge in [-0.25, -0.2) is 0 Å². The normalized spacial score (nSPS) is 13.3. The Bertz CT molecular complexity index is 357. The maximum Gasteiger partial charge on any atom is 0.188 e. The van der Waals surface area contributed by atoms with Crippen LogP contribution in [0.1, 0.15) is 6.92 Å². The molecular formula is C13H21N3OS. The third-order valence-electron chi connectivity index (χ3n) is 2.20. The summed E-state index contributed by atoms with van der Waals surface area (Å²) in [5.41, 5.74) is 5.76.